The van der Waals surface area contributed by atoms with Crippen molar-refractivity contribution in [2.45, 2.75) is 0 Å². The lowest BCUT2D eigenvalue weighted by Gasteiger charge is -2.08. The van der Waals surface area contributed by atoms with Crippen LogP contribution in [0.15, 0.2) is 188 Å². The Morgan fingerprint density at radius 3 is 1.53 bits per heavy atom. The molecule has 3 nitrogen and oxygen atoms in total. The van der Waals surface area contributed by atoms with Gasteiger partial charge >= 0.3 is 0 Å². The van der Waals surface area contributed by atoms with Gasteiger partial charge in [0.15, 0.2) is 0 Å². The SMILES string of the molecule is COc1ccc2c(c1)c1cc(-c3ccc4cc5c(cc4c3)c3cccc4c6cc(-c7cccc(-c8ccccc8)c7)ccc6n5c43)cc3c4cc5ccccc5cc4n2c13. The quantitative estimate of drug-likeness (QED) is 0.175. The molecule has 0 saturated heterocycles. The second-order valence-corrected chi connectivity index (χ2v) is 16.5. The summed E-state index contributed by atoms with van der Waals surface area (Å²) in [5, 5.41) is 15.1. The third-order valence-corrected chi connectivity index (χ3v) is 13.4. The standard InChI is InChI=1S/C57H34N2O/c1-60-43-20-22-53-49(32-43)51-29-42(28-50-48-25-36-11-5-6-12-37(36)30-55(48)59(53)57(50)51)38-17-18-40-31-54-47(27-41(40)24-38)45-16-8-15-44-46-26-39(19-21-52(46)58(54)56(44)45)35-14-7-13-34(23-35)33-9-3-2-4-10-33/h2-32H,1H3. The second kappa shape index (κ2) is 11.6. The van der Waals surface area contributed by atoms with E-state index in [2.05, 4.69) is 197 Å². The Bertz CT molecular complexity index is 4090. The Kier molecular flexibility index (Phi) is 6.22. The summed E-state index contributed by atoms with van der Waals surface area (Å²) >= 11 is 0. The van der Waals surface area contributed by atoms with Gasteiger partial charge in [-0.2, -0.15) is 0 Å². The normalized spacial score (nSPS) is 12.4. The Morgan fingerprint density at radius 1 is 0.283 bits per heavy atom. The first-order valence-electron chi connectivity index (χ1n) is 20.7. The van der Waals surface area contributed by atoms with Gasteiger partial charge in [0, 0.05) is 43.1 Å². The van der Waals surface area contributed by atoms with E-state index in [1.807, 2.05) is 0 Å². The predicted molar refractivity (Wildman–Crippen MR) is 254 cm³/mol. The molecule has 0 amide bonds. The minimum absolute atomic E-state index is 0.870. The maximum atomic E-state index is 5.75. The maximum Gasteiger partial charge on any atom is 0.119 e. The van der Waals surface area contributed by atoms with Crippen LogP contribution in [0.4, 0.5) is 0 Å². The van der Waals surface area contributed by atoms with Crippen LogP contribution in [-0.4, -0.2) is 15.9 Å². The average molecular weight is 763 g/mol. The molecule has 60 heavy (non-hydrogen) atoms. The molecule has 0 radical (unpaired) electrons. The molecule has 0 N–H and O–H groups in total. The molecule has 0 unspecified atom stereocenters. The van der Waals surface area contributed by atoms with Crippen molar-refractivity contribution in [2.75, 3.05) is 7.11 Å². The molecule has 278 valence electrons. The monoisotopic (exact) mass is 762 g/mol. The zero-order valence-electron chi connectivity index (χ0n) is 32.7. The number of benzene rings is 10. The summed E-state index contributed by atoms with van der Waals surface area (Å²) in [6.07, 6.45) is 0. The van der Waals surface area contributed by atoms with Crippen LogP contribution in [0, 0.1) is 0 Å². The minimum Gasteiger partial charge on any atom is -0.497 e. The van der Waals surface area contributed by atoms with Crippen molar-refractivity contribution < 1.29 is 4.74 Å². The highest BCUT2D eigenvalue weighted by atomic mass is 16.5. The van der Waals surface area contributed by atoms with E-state index in [1.54, 1.807) is 7.11 Å². The van der Waals surface area contributed by atoms with Crippen molar-refractivity contribution in [1.82, 2.24) is 8.80 Å². The number of para-hydroxylation sites is 1. The Hall–Kier alpha value is -7.88. The van der Waals surface area contributed by atoms with Gasteiger partial charge in [-0.3, -0.25) is 0 Å². The summed E-state index contributed by atoms with van der Waals surface area (Å²) in [6, 6.07) is 69.9. The molecule has 3 heteroatoms. The summed E-state index contributed by atoms with van der Waals surface area (Å²) in [5.74, 6) is 0.870. The number of aromatic nitrogens is 2. The summed E-state index contributed by atoms with van der Waals surface area (Å²) < 4.78 is 10.7. The number of fused-ring (bicyclic) bond motifs is 14. The van der Waals surface area contributed by atoms with Crippen LogP contribution in [0.5, 0.6) is 5.75 Å². The number of hydrogen-bond acceptors (Lipinski definition) is 1. The fourth-order valence-electron chi connectivity index (χ4n) is 10.6. The van der Waals surface area contributed by atoms with Gasteiger partial charge in [-0.05, 0) is 134 Å². The van der Waals surface area contributed by atoms with E-state index < -0.39 is 0 Å². The average Bonchev–Trinajstić information content (AvgIpc) is 4.03. The molecule has 0 bridgehead atoms. The predicted octanol–water partition coefficient (Wildman–Crippen LogP) is 15.3. The molecule has 4 aromatic heterocycles. The van der Waals surface area contributed by atoms with Crippen LogP contribution in [0.25, 0.3) is 131 Å². The molecule has 0 saturated carbocycles. The summed E-state index contributed by atoms with van der Waals surface area (Å²) in [7, 11) is 1.75. The van der Waals surface area contributed by atoms with Crippen LogP contribution in [-0.2, 0) is 0 Å². The van der Waals surface area contributed by atoms with E-state index in [9.17, 15) is 0 Å². The molecular formula is C57H34N2O. The van der Waals surface area contributed by atoms with E-state index >= 15 is 0 Å². The molecule has 10 aromatic carbocycles. The van der Waals surface area contributed by atoms with Crippen molar-refractivity contribution in [1.29, 1.82) is 0 Å². The van der Waals surface area contributed by atoms with Crippen molar-refractivity contribution in [3.05, 3.63) is 188 Å². The molecule has 0 fully saturated rings. The lowest BCUT2D eigenvalue weighted by molar-refractivity contribution is 0.415. The lowest BCUT2D eigenvalue weighted by atomic mass is 9.96. The highest BCUT2D eigenvalue weighted by Gasteiger charge is 2.22. The van der Waals surface area contributed by atoms with Gasteiger partial charge in [-0.1, -0.05) is 109 Å². The summed E-state index contributed by atoms with van der Waals surface area (Å²) in [4.78, 5) is 0. The molecule has 0 aliphatic heterocycles. The molecule has 0 spiro atoms. The molecule has 0 aliphatic carbocycles. The zero-order valence-corrected chi connectivity index (χ0v) is 32.7. The molecular weight excluding hydrogens is 729 g/mol. The maximum absolute atomic E-state index is 5.75. The topological polar surface area (TPSA) is 18.1 Å². The molecule has 14 rings (SSSR count). The molecule has 0 aliphatic rings. The van der Waals surface area contributed by atoms with Crippen molar-refractivity contribution in [3.8, 4) is 39.1 Å². The second-order valence-electron chi connectivity index (χ2n) is 16.5. The number of nitrogens with zero attached hydrogens (tertiary/aromatic N) is 2. The third-order valence-electron chi connectivity index (χ3n) is 13.4. The van der Waals surface area contributed by atoms with Crippen LogP contribution in [0.1, 0.15) is 0 Å². The first-order valence-corrected chi connectivity index (χ1v) is 20.7. The smallest absolute Gasteiger partial charge is 0.119 e. The number of rotatable bonds is 4. The van der Waals surface area contributed by atoms with E-state index in [4.69, 9.17) is 4.74 Å². The molecule has 4 heterocycles. The summed E-state index contributed by atoms with van der Waals surface area (Å²) in [6.45, 7) is 0. The number of ether oxygens (including phenoxy) is 1. The number of hydrogen-bond donors (Lipinski definition) is 0. The highest BCUT2D eigenvalue weighted by Crippen LogP contribution is 2.45. The van der Waals surface area contributed by atoms with Crippen LogP contribution in [0.3, 0.4) is 0 Å². The van der Waals surface area contributed by atoms with E-state index in [-0.39, 0.29) is 0 Å². The lowest BCUT2D eigenvalue weighted by Crippen LogP contribution is -1.85. The Labute approximate surface area is 344 Å². The zero-order chi connectivity index (χ0) is 39.2. The third kappa shape index (κ3) is 4.28. The Morgan fingerprint density at radius 2 is 0.783 bits per heavy atom. The van der Waals surface area contributed by atoms with Gasteiger partial charge in [0.2, 0.25) is 0 Å². The summed E-state index contributed by atoms with van der Waals surface area (Å²) in [5.41, 5.74) is 14.8. The van der Waals surface area contributed by atoms with E-state index in [1.165, 1.54) is 131 Å². The molecule has 0 atom stereocenters. The minimum atomic E-state index is 0.870. The largest absolute Gasteiger partial charge is 0.497 e. The number of methoxy groups -OCH3 is 1. The van der Waals surface area contributed by atoms with Crippen molar-refractivity contribution in [2.24, 2.45) is 0 Å². The van der Waals surface area contributed by atoms with Gasteiger partial charge in [-0.15, -0.1) is 0 Å². The van der Waals surface area contributed by atoms with Crippen LogP contribution < -0.4 is 4.74 Å². The van der Waals surface area contributed by atoms with Gasteiger partial charge in [-0.25, -0.2) is 0 Å². The van der Waals surface area contributed by atoms with Gasteiger partial charge < -0.3 is 13.5 Å². The van der Waals surface area contributed by atoms with E-state index in [0.29, 0.717) is 0 Å². The fourth-order valence-corrected chi connectivity index (χ4v) is 10.6. The van der Waals surface area contributed by atoms with Crippen molar-refractivity contribution >= 4 is 97.7 Å². The van der Waals surface area contributed by atoms with Gasteiger partial charge in [0.1, 0.15) is 5.75 Å². The van der Waals surface area contributed by atoms with E-state index in [0.717, 1.165) is 5.75 Å². The van der Waals surface area contributed by atoms with Gasteiger partial charge in [0.05, 0.1) is 40.2 Å². The van der Waals surface area contributed by atoms with Crippen LogP contribution in [0.2, 0.25) is 0 Å². The Balaban J connectivity index is 0.953. The fraction of sp³-hybridized carbons (Fsp3) is 0.0175. The highest BCUT2D eigenvalue weighted by molar-refractivity contribution is 6.27. The van der Waals surface area contributed by atoms with Crippen molar-refractivity contribution in [3.63, 3.8) is 0 Å². The van der Waals surface area contributed by atoms with Gasteiger partial charge in [0.25, 0.3) is 0 Å². The first kappa shape index (κ1) is 32.1. The first-order chi connectivity index (χ1) is 29.7. The van der Waals surface area contributed by atoms with Crippen LogP contribution >= 0.6 is 0 Å². The molecule has 14 aromatic rings.